The van der Waals surface area contributed by atoms with Crippen LogP contribution in [0.25, 0.3) is 0 Å². The molecular weight excluding hydrogens is 204 g/mol. The fraction of sp³-hybridized carbons (Fsp3) is 0.727. The molecule has 90 valence electrons. The first kappa shape index (κ1) is 12.7. The molecule has 1 aromatic rings. The molecule has 0 aliphatic carbocycles. The maximum Gasteiger partial charge on any atom is 0.239 e. The number of nitrogens with one attached hydrogen (secondary N) is 1. The highest BCUT2D eigenvalue weighted by molar-refractivity contribution is 5.83. The Bertz CT molecular complexity index is 357. The van der Waals surface area contributed by atoms with E-state index in [-0.39, 0.29) is 23.6 Å². The molecule has 5 heteroatoms. The van der Waals surface area contributed by atoms with Gasteiger partial charge in [-0.1, -0.05) is 27.7 Å². The number of hydrogen-bond acceptors (Lipinski definition) is 4. The van der Waals surface area contributed by atoms with Crippen molar-refractivity contribution in [2.24, 2.45) is 17.8 Å². The molecule has 0 amide bonds. The number of rotatable bonds is 5. The quantitative estimate of drug-likeness (QED) is 0.792. The Hall–Kier alpha value is -1.39. The van der Waals surface area contributed by atoms with Gasteiger partial charge >= 0.3 is 0 Å². The topological polar surface area (TPSA) is 84.7 Å². The van der Waals surface area contributed by atoms with Crippen LogP contribution in [0.15, 0.2) is 0 Å². The lowest BCUT2D eigenvalue weighted by atomic mass is 9.84. The SMILES string of the molecule is CC(C)C(=O)[C@@H](Cc1nc(N)n[nH]1)C(C)C. The highest BCUT2D eigenvalue weighted by Crippen LogP contribution is 2.20. The summed E-state index contributed by atoms with van der Waals surface area (Å²) in [5, 5.41) is 6.51. The Morgan fingerprint density at radius 1 is 1.38 bits per heavy atom. The number of nitrogens with two attached hydrogens (primary N) is 1. The van der Waals surface area contributed by atoms with Gasteiger partial charge in [0.25, 0.3) is 0 Å². The van der Waals surface area contributed by atoms with Gasteiger partial charge in [-0.3, -0.25) is 9.89 Å². The molecule has 1 heterocycles. The summed E-state index contributed by atoms with van der Waals surface area (Å²) >= 11 is 0. The van der Waals surface area contributed by atoms with Crippen molar-refractivity contribution in [1.29, 1.82) is 0 Å². The molecule has 1 atom stereocenters. The zero-order valence-corrected chi connectivity index (χ0v) is 10.3. The van der Waals surface area contributed by atoms with Crippen molar-refractivity contribution < 1.29 is 4.79 Å². The van der Waals surface area contributed by atoms with Gasteiger partial charge in [-0.15, -0.1) is 5.10 Å². The average Bonchev–Trinajstić information content (AvgIpc) is 2.59. The molecule has 0 spiro atoms. The van der Waals surface area contributed by atoms with Gasteiger partial charge < -0.3 is 5.73 Å². The van der Waals surface area contributed by atoms with Gasteiger partial charge in [0.15, 0.2) is 0 Å². The molecule has 0 aliphatic rings. The van der Waals surface area contributed by atoms with Crippen molar-refractivity contribution in [2.75, 3.05) is 5.73 Å². The second-order valence-corrected chi connectivity index (χ2v) is 4.75. The number of anilines is 1. The van der Waals surface area contributed by atoms with E-state index < -0.39 is 0 Å². The summed E-state index contributed by atoms with van der Waals surface area (Å²) in [6, 6.07) is 0. The monoisotopic (exact) mass is 224 g/mol. The van der Waals surface area contributed by atoms with E-state index in [9.17, 15) is 4.79 Å². The summed E-state index contributed by atoms with van der Waals surface area (Å²) in [4.78, 5) is 16.0. The third-order valence-corrected chi connectivity index (χ3v) is 2.70. The first-order valence-corrected chi connectivity index (χ1v) is 5.62. The van der Waals surface area contributed by atoms with Gasteiger partial charge in [0.2, 0.25) is 5.95 Å². The Kier molecular flexibility index (Phi) is 4.04. The van der Waals surface area contributed by atoms with Crippen LogP contribution in [0, 0.1) is 17.8 Å². The standard InChI is InChI=1S/C11H20N4O/c1-6(2)8(10(16)7(3)4)5-9-13-11(12)15-14-9/h6-8H,5H2,1-4H3,(H3,12,13,14,15)/t8-/m0/s1. The van der Waals surface area contributed by atoms with E-state index in [1.807, 2.05) is 27.7 Å². The Balaban J connectivity index is 2.76. The van der Waals surface area contributed by atoms with E-state index in [4.69, 9.17) is 5.73 Å². The van der Waals surface area contributed by atoms with E-state index in [0.717, 1.165) is 0 Å². The van der Waals surface area contributed by atoms with Crippen LogP contribution in [0.4, 0.5) is 5.95 Å². The Morgan fingerprint density at radius 2 is 2.00 bits per heavy atom. The number of carbonyl (C=O) groups excluding carboxylic acids is 1. The lowest BCUT2D eigenvalue weighted by Gasteiger charge is -2.20. The second kappa shape index (κ2) is 5.09. The summed E-state index contributed by atoms with van der Waals surface area (Å²) in [6.07, 6.45) is 0.582. The minimum Gasteiger partial charge on any atom is -0.367 e. The molecule has 16 heavy (non-hydrogen) atoms. The maximum atomic E-state index is 12.0. The summed E-state index contributed by atoms with van der Waals surface area (Å²) in [5.41, 5.74) is 5.43. The van der Waals surface area contributed by atoms with Crippen molar-refractivity contribution in [3.63, 3.8) is 0 Å². The third kappa shape index (κ3) is 3.05. The van der Waals surface area contributed by atoms with E-state index in [1.165, 1.54) is 0 Å². The molecule has 0 saturated heterocycles. The summed E-state index contributed by atoms with van der Waals surface area (Å²) in [7, 11) is 0. The molecule has 1 aromatic heterocycles. The molecule has 0 radical (unpaired) electrons. The van der Waals surface area contributed by atoms with Crippen LogP contribution in [0.3, 0.4) is 0 Å². The first-order valence-electron chi connectivity index (χ1n) is 5.62. The molecule has 0 saturated carbocycles. The third-order valence-electron chi connectivity index (χ3n) is 2.70. The van der Waals surface area contributed by atoms with Crippen molar-refractivity contribution in [2.45, 2.75) is 34.1 Å². The molecule has 0 aliphatic heterocycles. The van der Waals surface area contributed by atoms with Crippen LogP contribution in [-0.2, 0) is 11.2 Å². The minimum atomic E-state index is -0.0210. The highest BCUT2D eigenvalue weighted by atomic mass is 16.1. The van der Waals surface area contributed by atoms with Gasteiger partial charge in [0.05, 0.1) is 0 Å². The average molecular weight is 224 g/mol. The van der Waals surface area contributed by atoms with Crippen LogP contribution in [0.5, 0.6) is 0 Å². The van der Waals surface area contributed by atoms with Gasteiger partial charge in [0.1, 0.15) is 11.6 Å². The zero-order valence-electron chi connectivity index (χ0n) is 10.3. The van der Waals surface area contributed by atoms with E-state index in [1.54, 1.807) is 0 Å². The number of nitrogen functional groups attached to an aromatic ring is 1. The van der Waals surface area contributed by atoms with Crippen LogP contribution >= 0.6 is 0 Å². The predicted molar refractivity (Wildman–Crippen MR) is 62.7 cm³/mol. The Labute approximate surface area is 95.8 Å². The van der Waals surface area contributed by atoms with Crippen molar-refractivity contribution in [1.82, 2.24) is 15.2 Å². The lowest BCUT2D eigenvalue weighted by Crippen LogP contribution is -2.27. The number of aromatic nitrogens is 3. The fourth-order valence-corrected chi connectivity index (χ4v) is 1.70. The number of Topliss-reactive ketones (excluding diaryl/α,β-unsaturated/α-hetero) is 1. The van der Waals surface area contributed by atoms with Gasteiger partial charge in [0, 0.05) is 18.3 Å². The van der Waals surface area contributed by atoms with Crippen LogP contribution in [-0.4, -0.2) is 21.0 Å². The minimum absolute atomic E-state index is 0.0210. The smallest absolute Gasteiger partial charge is 0.239 e. The van der Waals surface area contributed by atoms with Crippen molar-refractivity contribution >= 4 is 11.7 Å². The molecular formula is C11H20N4O. The van der Waals surface area contributed by atoms with Crippen LogP contribution in [0.1, 0.15) is 33.5 Å². The normalized spacial score (nSPS) is 13.4. The highest BCUT2D eigenvalue weighted by Gasteiger charge is 2.25. The predicted octanol–water partition coefficient (Wildman–Crippen LogP) is 1.43. The van der Waals surface area contributed by atoms with Gasteiger partial charge in [-0.25, -0.2) is 0 Å². The summed E-state index contributed by atoms with van der Waals surface area (Å²) in [6.45, 7) is 7.94. The van der Waals surface area contributed by atoms with Gasteiger partial charge in [-0.2, -0.15) is 4.98 Å². The largest absolute Gasteiger partial charge is 0.367 e. The van der Waals surface area contributed by atoms with Gasteiger partial charge in [-0.05, 0) is 5.92 Å². The zero-order chi connectivity index (χ0) is 12.3. The number of H-pyrrole nitrogens is 1. The summed E-state index contributed by atoms with van der Waals surface area (Å²) in [5.74, 6) is 1.51. The maximum absolute atomic E-state index is 12.0. The first-order chi connectivity index (χ1) is 7.41. The molecule has 3 N–H and O–H groups in total. The van der Waals surface area contributed by atoms with E-state index in [0.29, 0.717) is 18.2 Å². The Morgan fingerprint density at radius 3 is 2.38 bits per heavy atom. The molecule has 5 nitrogen and oxygen atoms in total. The van der Waals surface area contributed by atoms with Crippen molar-refractivity contribution in [3.8, 4) is 0 Å². The number of nitrogens with zero attached hydrogens (tertiary/aromatic N) is 2. The van der Waals surface area contributed by atoms with E-state index >= 15 is 0 Å². The molecule has 0 unspecified atom stereocenters. The summed E-state index contributed by atoms with van der Waals surface area (Å²) < 4.78 is 0. The molecule has 0 fully saturated rings. The number of carbonyl (C=O) groups is 1. The van der Waals surface area contributed by atoms with Crippen molar-refractivity contribution in [3.05, 3.63) is 5.82 Å². The fourth-order valence-electron chi connectivity index (χ4n) is 1.70. The molecule has 1 rings (SSSR count). The second-order valence-electron chi connectivity index (χ2n) is 4.75. The number of hydrogen-bond donors (Lipinski definition) is 2. The number of aromatic amines is 1. The molecule has 0 aromatic carbocycles. The lowest BCUT2D eigenvalue weighted by molar-refractivity contribution is -0.127. The van der Waals surface area contributed by atoms with Crippen LogP contribution < -0.4 is 5.73 Å². The van der Waals surface area contributed by atoms with E-state index in [2.05, 4.69) is 15.2 Å². The molecule has 0 bridgehead atoms. The van der Waals surface area contributed by atoms with Crippen LogP contribution in [0.2, 0.25) is 0 Å². The number of ketones is 1.